The molecule has 2 rings (SSSR count). The number of unbranched alkanes of at least 4 members (excludes halogenated alkanes) is 1. The van der Waals surface area contributed by atoms with Gasteiger partial charge in [-0.05, 0) is 52.9 Å². The normalized spacial score (nSPS) is 23.0. The molecule has 0 aromatic carbocycles. The van der Waals surface area contributed by atoms with Crippen LogP contribution in [0.4, 0.5) is 4.79 Å². The molecule has 0 radical (unpaired) electrons. The van der Waals surface area contributed by atoms with Crippen LogP contribution in [-0.2, 0) is 9.59 Å². The molecular formula is C22H40N4O3. The summed E-state index contributed by atoms with van der Waals surface area (Å²) in [4.78, 5) is 43.8. The standard InChI is InChI=1S/C22H40N4O3/c1-5-8-13-23-20(27)19-10-9-17(4)26(16-19)21(28)18-11-14-25(15-12-18)22(29)24(6-2)7-3/h17-19H,5-16H2,1-4H3,(H,23,27). The van der Waals surface area contributed by atoms with Gasteiger partial charge in [0.25, 0.3) is 0 Å². The van der Waals surface area contributed by atoms with Gasteiger partial charge in [0.05, 0.1) is 5.92 Å². The van der Waals surface area contributed by atoms with Gasteiger partial charge in [0.1, 0.15) is 0 Å². The number of carbonyl (C=O) groups is 3. The summed E-state index contributed by atoms with van der Waals surface area (Å²) in [7, 11) is 0. The van der Waals surface area contributed by atoms with E-state index >= 15 is 0 Å². The highest BCUT2D eigenvalue weighted by atomic mass is 16.2. The topological polar surface area (TPSA) is 73.0 Å². The van der Waals surface area contributed by atoms with E-state index in [4.69, 9.17) is 0 Å². The van der Waals surface area contributed by atoms with Gasteiger partial charge in [-0.2, -0.15) is 0 Å². The highest BCUT2D eigenvalue weighted by molar-refractivity contribution is 5.83. The zero-order valence-electron chi connectivity index (χ0n) is 18.8. The molecule has 2 unspecified atom stereocenters. The van der Waals surface area contributed by atoms with Gasteiger partial charge in [0.15, 0.2) is 0 Å². The van der Waals surface area contributed by atoms with E-state index in [1.165, 1.54) is 0 Å². The molecule has 0 spiro atoms. The van der Waals surface area contributed by atoms with Gasteiger partial charge in [0, 0.05) is 51.2 Å². The molecule has 166 valence electrons. The van der Waals surface area contributed by atoms with E-state index in [9.17, 15) is 14.4 Å². The first kappa shape index (κ1) is 23.5. The van der Waals surface area contributed by atoms with Crippen LogP contribution in [0.15, 0.2) is 0 Å². The molecule has 1 N–H and O–H groups in total. The second-order valence-electron chi connectivity index (χ2n) is 8.47. The molecule has 4 amide bonds. The first-order valence-corrected chi connectivity index (χ1v) is 11.5. The molecule has 2 aliphatic rings. The Labute approximate surface area is 176 Å². The van der Waals surface area contributed by atoms with E-state index in [1.807, 2.05) is 28.5 Å². The summed E-state index contributed by atoms with van der Waals surface area (Å²) in [6.45, 7) is 12.1. The number of nitrogens with one attached hydrogen (secondary N) is 1. The van der Waals surface area contributed by atoms with E-state index in [0.29, 0.717) is 52.1 Å². The molecule has 2 atom stereocenters. The lowest BCUT2D eigenvalue weighted by molar-refractivity contribution is -0.143. The third kappa shape index (κ3) is 6.09. The number of likely N-dealkylation sites (tertiary alicyclic amines) is 2. The molecule has 7 heteroatoms. The number of hydrogen-bond donors (Lipinski definition) is 1. The average Bonchev–Trinajstić information content (AvgIpc) is 2.74. The van der Waals surface area contributed by atoms with Crippen LogP contribution in [0.2, 0.25) is 0 Å². The molecule has 2 saturated heterocycles. The van der Waals surface area contributed by atoms with Crippen LogP contribution in [-0.4, -0.2) is 77.9 Å². The molecule has 7 nitrogen and oxygen atoms in total. The Morgan fingerprint density at radius 2 is 1.62 bits per heavy atom. The Kier molecular flexibility index (Phi) is 9.24. The Morgan fingerprint density at radius 3 is 2.21 bits per heavy atom. The third-order valence-electron chi connectivity index (χ3n) is 6.51. The van der Waals surface area contributed by atoms with E-state index < -0.39 is 0 Å². The molecule has 2 fully saturated rings. The summed E-state index contributed by atoms with van der Waals surface area (Å²) in [5, 5.41) is 3.02. The molecule has 2 heterocycles. The second kappa shape index (κ2) is 11.4. The molecule has 0 aliphatic carbocycles. The third-order valence-corrected chi connectivity index (χ3v) is 6.51. The first-order chi connectivity index (χ1) is 13.9. The molecule has 0 aromatic heterocycles. The van der Waals surface area contributed by atoms with E-state index in [-0.39, 0.29) is 35.7 Å². The number of carbonyl (C=O) groups excluding carboxylic acids is 3. The van der Waals surface area contributed by atoms with Crippen molar-refractivity contribution in [1.82, 2.24) is 20.0 Å². The summed E-state index contributed by atoms with van der Waals surface area (Å²) < 4.78 is 0. The Bertz CT molecular complexity index is 556. The summed E-state index contributed by atoms with van der Waals surface area (Å²) in [5.41, 5.74) is 0. The maximum atomic E-state index is 13.2. The van der Waals surface area contributed by atoms with Crippen molar-refractivity contribution in [2.45, 2.75) is 72.3 Å². The zero-order valence-corrected chi connectivity index (χ0v) is 18.8. The SMILES string of the molecule is CCCCNC(=O)C1CCC(C)N(C(=O)C2CCN(C(=O)N(CC)CC)CC2)C1. The first-order valence-electron chi connectivity index (χ1n) is 11.5. The van der Waals surface area contributed by atoms with Crippen LogP contribution in [0.1, 0.15) is 66.2 Å². The van der Waals surface area contributed by atoms with E-state index in [0.717, 1.165) is 25.7 Å². The van der Waals surface area contributed by atoms with Crippen LogP contribution in [0.5, 0.6) is 0 Å². The number of amides is 4. The lowest BCUT2D eigenvalue weighted by Crippen LogP contribution is -2.53. The fraction of sp³-hybridized carbons (Fsp3) is 0.864. The highest BCUT2D eigenvalue weighted by Crippen LogP contribution is 2.27. The van der Waals surface area contributed by atoms with Crippen molar-refractivity contribution in [1.29, 1.82) is 0 Å². The number of hydrogen-bond acceptors (Lipinski definition) is 3. The smallest absolute Gasteiger partial charge is 0.319 e. The second-order valence-corrected chi connectivity index (χ2v) is 8.47. The van der Waals surface area contributed by atoms with Crippen molar-refractivity contribution in [3.8, 4) is 0 Å². The molecule has 0 bridgehead atoms. The van der Waals surface area contributed by atoms with Crippen LogP contribution < -0.4 is 5.32 Å². The van der Waals surface area contributed by atoms with Gasteiger partial charge in [-0.25, -0.2) is 4.79 Å². The Hall–Kier alpha value is -1.79. The maximum absolute atomic E-state index is 13.2. The molecule has 2 aliphatic heterocycles. The largest absolute Gasteiger partial charge is 0.356 e. The zero-order chi connectivity index (χ0) is 21.4. The predicted octanol–water partition coefficient (Wildman–Crippen LogP) is 2.70. The van der Waals surface area contributed by atoms with Crippen LogP contribution in [0.25, 0.3) is 0 Å². The average molecular weight is 409 g/mol. The fourth-order valence-electron chi connectivity index (χ4n) is 4.41. The number of piperidine rings is 2. The monoisotopic (exact) mass is 408 g/mol. The summed E-state index contributed by atoms with van der Waals surface area (Å²) in [6.07, 6.45) is 5.19. The van der Waals surface area contributed by atoms with E-state index in [2.05, 4.69) is 19.2 Å². The molecule has 0 saturated carbocycles. The number of nitrogens with zero attached hydrogens (tertiary/aromatic N) is 3. The summed E-state index contributed by atoms with van der Waals surface area (Å²) in [6, 6.07) is 0.258. The Morgan fingerprint density at radius 1 is 0.966 bits per heavy atom. The van der Waals surface area contributed by atoms with Crippen LogP contribution in [0, 0.1) is 11.8 Å². The van der Waals surface area contributed by atoms with Gasteiger partial charge >= 0.3 is 6.03 Å². The maximum Gasteiger partial charge on any atom is 0.319 e. The minimum absolute atomic E-state index is 0.0416. The van der Waals surface area contributed by atoms with Gasteiger partial charge in [-0.3, -0.25) is 9.59 Å². The van der Waals surface area contributed by atoms with Crippen LogP contribution >= 0.6 is 0 Å². The fourth-order valence-corrected chi connectivity index (χ4v) is 4.41. The van der Waals surface area contributed by atoms with Gasteiger partial charge in [-0.15, -0.1) is 0 Å². The van der Waals surface area contributed by atoms with Crippen molar-refractivity contribution in [3.63, 3.8) is 0 Å². The minimum atomic E-state index is -0.101. The van der Waals surface area contributed by atoms with Crippen molar-refractivity contribution < 1.29 is 14.4 Å². The van der Waals surface area contributed by atoms with E-state index in [1.54, 1.807) is 0 Å². The number of rotatable bonds is 7. The Balaban J connectivity index is 1.89. The van der Waals surface area contributed by atoms with Gasteiger partial charge < -0.3 is 20.0 Å². The summed E-state index contributed by atoms with van der Waals surface area (Å²) in [5.74, 6) is 0.109. The molecule has 29 heavy (non-hydrogen) atoms. The quantitative estimate of drug-likeness (QED) is 0.658. The van der Waals surface area contributed by atoms with Crippen molar-refractivity contribution in [3.05, 3.63) is 0 Å². The lowest BCUT2D eigenvalue weighted by atomic mass is 9.89. The molecular weight excluding hydrogens is 368 g/mol. The van der Waals surface area contributed by atoms with Crippen molar-refractivity contribution >= 4 is 17.8 Å². The van der Waals surface area contributed by atoms with Gasteiger partial charge in [-0.1, -0.05) is 13.3 Å². The minimum Gasteiger partial charge on any atom is -0.356 e. The lowest BCUT2D eigenvalue weighted by Gasteiger charge is -2.41. The van der Waals surface area contributed by atoms with Crippen molar-refractivity contribution in [2.24, 2.45) is 11.8 Å². The van der Waals surface area contributed by atoms with Gasteiger partial charge in [0.2, 0.25) is 11.8 Å². The van der Waals surface area contributed by atoms with Crippen LogP contribution in [0.3, 0.4) is 0 Å². The molecule has 0 aromatic rings. The highest BCUT2D eigenvalue weighted by Gasteiger charge is 2.37. The van der Waals surface area contributed by atoms with Crippen molar-refractivity contribution in [2.75, 3.05) is 39.3 Å². The summed E-state index contributed by atoms with van der Waals surface area (Å²) >= 11 is 0. The predicted molar refractivity (Wildman–Crippen MR) is 114 cm³/mol. The number of urea groups is 1.